The van der Waals surface area contributed by atoms with Crippen LogP contribution in [0.3, 0.4) is 0 Å². The summed E-state index contributed by atoms with van der Waals surface area (Å²) in [4.78, 5) is 0. The van der Waals surface area contributed by atoms with Crippen molar-refractivity contribution in [3.8, 4) is 0 Å². The fourth-order valence-electron chi connectivity index (χ4n) is 0.129. The molecule has 0 amide bonds. The van der Waals surface area contributed by atoms with Crippen molar-refractivity contribution >= 4 is 33.1 Å². The van der Waals surface area contributed by atoms with Gasteiger partial charge in [0.15, 0.2) is 0 Å². The van der Waals surface area contributed by atoms with E-state index >= 15 is 0 Å². The summed E-state index contributed by atoms with van der Waals surface area (Å²) in [5, 5.41) is 0. The van der Waals surface area contributed by atoms with E-state index in [1.54, 1.807) is 0 Å². The van der Waals surface area contributed by atoms with Crippen LogP contribution >= 0.6 is 0 Å². The summed E-state index contributed by atoms with van der Waals surface area (Å²) < 4.78 is 61.2. The fraction of sp³-hybridized carbons (Fsp3) is 0. The highest BCUT2D eigenvalue weighted by Crippen LogP contribution is 1.95. The van der Waals surface area contributed by atoms with Crippen molar-refractivity contribution in [2.75, 3.05) is 0 Å². The molecule has 0 fully saturated rings. The average Bonchev–Trinajstić information content (AvgIpc) is 1.53. The number of hydrogen-bond acceptors (Lipinski definition) is 6. The summed E-state index contributed by atoms with van der Waals surface area (Å²) in [7, 11) is -4.94. The van der Waals surface area contributed by atoms with E-state index in [2.05, 4.69) is 7.26 Å². The molecule has 0 aromatic heterocycles. The number of hydrogen-bond donors (Lipinski definition) is 2. The zero-order valence-corrected chi connectivity index (χ0v) is 7.02. The van der Waals surface area contributed by atoms with Gasteiger partial charge in [0, 0.05) is 0 Å². The molecule has 0 rings (SSSR count). The second kappa shape index (κ2) is 4.20. The molecular weight excluding hydrogens is 224 g/mol. The molecule has 0 bridgehead atoms. The van der Waals surface area contributed by atoms with Crippen LogP contribution < -0.4 is 0 Å². The standard InChI is InChI=1S/H2O8S3/c1-9(2)7-10(3)8-11(4,5)6/h(H,1,2)(H,4,5,6). The van der Waals surface area contributed by atoms with Crippen molar-refractivity contribution in [1.29, 1.82) is 0 Å². The molecule has 2 unspecified atom stereocenters. The molecule has 0 spiro atoms. The summed E-state index contributed by atoms with van der Waals surface area (Å²) in [6.07, 6.45) is 0. The second-order valence-electron chi connectivity index (χ2n) is 0.985. The van der Waals surface area contributed by atoms with Gasteiger partial charge in [0.2, 0.25) is 0 Å². The lowest BCUT2D eigenvalue weighted by Crippen LogP contribution is -2.09. The van der Waals surface area contributed by atoms with Gasteiger partial charge in [-0.25, -0.2) is 0 Å². The smallest absolute Gasteiger partial charge is 0.283 e. The molecule has 0 aliphatic carbocycles. The average molecular weight is 226 g/mol. The fourth-order valence-corrected chi connectivity index (χ4v) is 1.37. The Morgan fingerprint density at radius 3 is 2.00 bits per heavy atom. The Balaban J connectivity index is 4.01. The van der Waals surface area contributed by atoms with Gasteiger partial charge in [-0.3, -0.25) is 9.11 Å². The van der Waals surface area contributed by atoms with Crippen LogP contribution in [0.2, 0.25) is 0 Å². The lowest BCUT2D eigenvalue weighted by molar-refractivity contribution is 0.374. The van der Waals surface area contributed by atoms with Crippen molar-refractivity contribution in [1.82, 2.24) is 0 Å². The Morgan fingerprint density at radius 2 is 1.73 bits per heavy atom. The molecule has 0 aromatic carbocycles. The van der Waals surface area contributed by atoms with Gasteiger partial charge in [0.05, 0.1) is 0 Å². The summed E-state index contributed by atoms with van der Waals surface area (Å²) in [6.45, 7) is 0. The third-order valence-electron chi connectivity index (χ3n) is 0.255. The van der Waals surface area contributed by atoms with Gasteiger partial charge in [-0.2, -0.15) is 16.8 Å². The predicted molar refractivity (Wildman–Crippen MR) is 32.6 cm³/mol. The van der Waals surface area contributed by atoms with E-state index in [0.717, 1.165) is 0 Å². The largest absolute Gasteiger partial charge is 0.412 e. The zero-order chi connectivity index (χ0) is 9.07. The van der Waals surface area contributed by atoms with E-state index in [9.17, 15) is 16.8 Å². The van der Waals surface area contributed by atoms with Gasteiger partial charge < -0.3 is 0 Å². The van der Waals surface area contributed by atoms with Crippen LogP contribution in [-0.4, -0.2) is 25.9 Å². The van der Waals surface area contributed by atoms with Crippen molar-refractivity contribution in [3.05, 3.63) is 0 Å². The first kappa shape index (κ1) is 11.1. The Hall–Kier alpha value is 0.0900. The normalized spacial score (nSPS) is 17.6. The van der Waals surface area contributed by atoms with Gasteiger partial charge in [0.1, 0.15) is 0 Å². The maximum Gasteiger partial charge on any atom is 0.412 e. The summed E-state index contributed by atoms with van der Waals surface area (Å²) in [5.74, 6) is 0. The van der Waals surface area contributed by atoms with Crippen molar-refractivity contribution < 1.29 is 33.2 Å². The molecule has 0 aromatic rings. The Labute approximate surface area is 66.8 Å². The van der Waals surface area contributed by atoms with Gasteiger partial charge in [-0.15, -0.1) is 7.26 Å². The molecule has 0 heterocycles. The first-order valence-electron chi connectivity index (χ1n) is 1.70. The maximum absolute atomic E-state index is 10.0. The highest BCUT2D eigenvalue weighted by Gasteiger charge is 2.14. The van der Waals surface area contributed by atoms with Crippen LogP contribution in [0.15, 0.2) is 0 Å². The van der Waals surface area contributed by atoms with Crippen molar-refractivity contribution in [3.63, 3.8) is 0 Å². The van der Waals surface area contributed by atoms with Crippen LogP contribution in [0.4, 0.5) is 0 Å². The van der Waals surface area contributed by atoms with E-state index in [1.807, 2.05) is 0 Å². The third kappa shape index (κ3) is 7.99. The first-order valence-corrected chi connectivity index (χ1v) is 5.10. The van der Waals surface area contributed by atoms with Gasteiger partial charge >= 0.3 is 33.1 Å². The van der Waals surface area contributed by atoms with Gasteiger partial charge in [-0.05, 0) is 0 Å². The summed E-state index contributed by atoms with van der Waals surface area (Å²) >= 11 is -5.94. The molecule has 68 valence electrons. The first-order chi connectivity index (χ1) is 4.81. The quantitative estimate of drug-likeness (QED) is 0.439. The predicted octanol–water partition coefficient (Wildman–Crippen LogP) is -1.46. The number of rotatable bonds is 4. The van der Waals surface area contributed by atoms with Gasteiger partial charge in [0.25, 0.3) is 0 Å². The molecule has 0 aliphatic rings. The molecule has 0 aliphatic heterocycles. The second-order valence-corrected chi connectivity index (χ2v) is 3.77. The maximum atomic E-state index is 10.0. The minimum atomic E-state index is -4.94. The van der Waals surface area contributed by atoms with Crippen LogP contribution in [0.1, 0.15) is 0 Å². The zero-order valence-electron chi connectivity index (χ0n) is 4.57. The Kier molecular flexibility index (Phi) is 4.23. The minimum Gasteiger partial charge on any atom is -0.283 e. The topological polar surface area (TPSA) is 127 Å². The molecule has 11 heteroatoms. The van der Waals surface area contributed by atoms with Gasteiger partial charge in [-0.1, -0.05) is 0 Å². The summed E-state index contributed by atoms with van der Waals surface area (Å²) in [5.41, 5.74) is 0. The van der Waals surface area contributed by atoms with E-state index in [0.29, 0.717) is 0 Å². The molecule has 0 radical (unpaired) electrons. The SMILES string of the molecule is O=S(O)OS(=O)OS(=O)(=O)O. The highest BCUT2D eigenvalue weighted by atomic mass is 32.3. The van der Waals surface area contributed by atoms with E-state index in [-0.39, 0.29) is 0 Å². The van der Waals surface area contributed by atoms with Crippen molar-refractivity contribution in [2.24, 2.45) is 0 Å². The Bertz CT molecular complexity index is 257. The third-order valence-corrected chi connectivity index (χ3v) is 2.30. The molecule has 0 saturated heterocycles. The molecular formula is H2O8S3. The highest BCUT2D eigenvalue weighted by molar-refractivity contribution is 7.95. The molecule has 8 nitrogen and oxygen atoms in total. The monoisotopic (exact) mass is 226 g/mol. The lowest BCUT2D eigenvalue weighted by Gasteiger charge is -1.93. The van der Waals surface area contributed by atoms with E-state index < -0.39 is 33.1 Å². The van der Waals surface area contributed by atoms with Crippen LogP contribution in [0.5, 0.6) is 0 Å². The van der Waals surface area contributed by atoms with Crippen LogP contribution in [-0.2, 0) is 40.4 Å². The molecule has 2 N–H and O–H groups in total. The van der Waals surface area contributed by atoms with Crippen LogP contribution in [0.25, 0.3) is 0 Å². The lowest BCUT2D eigenvalue weighted by atomic mass is 15.8. The minimum absolute atomic E-state index is 2.93. The molecule has 0 saturated carbocycles. The van der Waals surface area contributed by atoms with Crippen LogP contribution in [0, 0.1) is 0 Å². The Morgan fingerprint density at radius 1 is 1.27 bits per heavy atom. The molecule has 11 heavy (non-hydrogen) atoms. The van der Waals surface area contributed by atoms with E-state index in [4.69, 9.17) is 9.11 Å². The van der Waals surface area contributed by atoms with Crippen molar-refractivity contribution in [2.45, 2.75) is 0 Å². The molecule has 2 atom stereocenters. The van der Waals surface area contributed by atoms with E-state index in [1.165, 1.54) is 0 Å². The summed E-state index contributed by atoms with van der Waals surface area (Å²) in [6, 6.07) is 0.